The first-order valence-electron chi connectivity index (χ1n) is 5.96. The topological polar surface area (TPSA) is 73.0 Å². The van der Waals surface area contributed by atoms with Gasteiger partial charge in [0.25, 0.3) is 5.91 Å². The Kier molecular flexibility index (Phi) is 4.36. The molecule has 0 aliphatic rings. The van der Waals surface area contributed by atoms with Crippen molar-refractivity contribution in [1.82, 2.24) is 20.3 Å². The van der Waals surface area contributed by atoms with E-state index in [0.717, 1.165) is 0 Å². The van der Waals surface area contributed by atoms with Crippen molar-refractivity contribution in [2.45, 2.75) is 26.4 Å². The minimum atomic E-state index is -0.239. The van der Waals surface area contributed by atoms with E-state index < -0.39 is 0 Å². The highest BCUT2D eigenvalue weighted by Gasteiger charge is 2.20. The molecule has 2 aromatic heterocycles. The summed E-state index contributed by atoms with van der Waals surface area (Å²) in [6.45, 7) is 4.59. The Balaban J connectivity index is 2.02. The SMILES string of the molecule is CC(C)[C@@H](Cn1nccn1)NC(=O)c1ccc(Br)o1. The predicted octanol–water partition coefficient (Wildman–Crippen LogP) is 2.09. The molecule has 19 heavy (non-hydrogen) atoms. The van der Waals surface area contributed by atoms with E-state index in [9.17, 15) is 4.79 Å². The van der Waals surface area contributed by atoms with Crippen molar-refractivity contribution >= 4 is 21.8 Å². The summed E-state index contributed by atoms with van der Waals surface area (Å²) < 4.78 is 5.76. The molecule has 0 spiro atoms. The van der Waals surface area contributed by atoms with Gasteiger partial charge in [0, 0.05) is 0 Å². The number of nitrogens with one attached hydrogen (secondary N) is 1. The van der Waals surface area contributed by atoms with E-state index in [4.69, 9.17) is 4.42 Å². The zero-order chi connectivity index (χ0) is 13.8. The maximum absolute atomic E-state index is 12.0. The Labute approximate surface area is 119 Å². The van der Waals surface area contributed by atoms with Crippen molar-refractivity contribution in [1.29, 1.82) is 0 Å². The molecule has 0 fully saturated rings. The quantitative estimate of drug-likeness (QED) is 0.913. The van der Waals surface area contributed by atoms with Gasteiger partial charge in [0.05, 0.1) is 25.0 Å². The molecule has 0 aliphatic carbocycles. The Bertz CT molecular complexity index is 536. The van der Waals surface area contributed by atoms with Gasteiger partial charge < -0.3 is 9.73 Å². The third kappa shape index (κ3) is 3.66. The van der Waals surface area contributed by atoms with Crippen LogP contribution in [0.3, 0.4) is 0 Å². The summed E-state index contributed by atoms with van der Waals surface area (Å²) in [5.41, 5.74) is 0. The molecule has 0 bridgehead atoms. The monoisotopic (exact) mass is 326 g/mol. The Morgan fingerprint density at radius 2 is 2.11 bits per heavy atom. The summed E-state index contributed by atoms with van der Waals surface area (Å²) in [6, 6.07) is 3.25. The van der Waals surface area contributed by atoms with Gasteiger partial charge >= 0.3 is 0 Å². The lowest BCUT2D eigenvalue weighted by molar-refractivity contribution is 0.0888. The summed E-state index contributed by atoms with van der Waals surface area (Å²) in [4.78, 5) is 13.6. The molecule has 0 saturated carbocycles. The van der Waals surface area contributed by atoms with Gasteiger partial charge in [0.2, 0.25) is 0 Å². The van der Waals surface area contributed by atoms with Crippen molar-refractivity contribution in [3.63, 3.8) is 0 Å². The van der Waals surface area contributed by atoms with E-state index in [1.165, 1.54) is 0 Å². The van der Waals surface area contributed by atoms with Crippen molar-refractivity contribution in [2.75, 3.05) is 0 Å². The average Bonchev–Trinajstić information content (AvgIpc) is 2.99. The zero-order valence-electron chi connectivity index (χ0n) is 10.7. The van der Waals surface area contributed by atoms with Crippen LogP contribution >= 0.6 is 15.9 Å². The molecule has 2 heterocycles. The number of aromatic nitrogens is 3. The lowest BCUT2D eigenvalue weighted by Gasteiger charge is -2.21. The molecule has 6 nitrogen and oxygen atoms in total. The van der Waals surface area contributed by atoms with Crippen LogP contribution in [0.15, 0.2) is 33.6 Å². The van der Waals surface area contributed by atoms with Crippen molar-refractivity contribution in [3.8, 4) is 0 Å². The fourth-order valence-corrected chi connectivity index (χ4v) is 1.92. The molecule has 7 heteroatoms. The molecular weight excluding hydrogens is 312 g/mol. The fraction of sp³-hybridized carbons (Fsp3) is 0.417. The Morgan fingerprint density at radius 1 is 1.42 bits per heavy atom. The summed E-state index contributed by atoms with van der Waals surface area (Å²) in [5.74, 6) is 0.302. The number of rotatable bonds is 5. The number of halogens is 1. The fourth-order valence-electron chi connectivity index (χ4n) is 1.61. The summed E-state index contributed by atoms with van der Waals surface area (Å²) >= 11 is 3.17. The highest BCUT2D eigenvalue weighted by molar-refractivity contribution is 9.10. The highest BCUT2D eigenvalue weighted by Crippen LogP contribution is 2.14. The number of carbonyl (C=O) groups excluding carboxylic acids is 1. The second-order valence-electron chi connectivity index (χ2n) is 4.51. The number of carbonyl (C=O) groups is 1. The van der Waals surface area contributed by atoms with Gasteiger partial charge in [0.15, 0.2) is 10.4 Å². The third-order valence-electron chi connectivity index (χ3n) is 2.74. The van der Waals surface area contributed by atoms with Crippen LogP contribution in [0.1, 0.15) is 24.4 Å². The zero-order valence-corrected chi connectivity index (χ0v) is 12.3. The molecule has 1 amide bonds. The first kappa shape index (κ1) is 13.8. The summed E-state index contributed by atoms with van der Waals surface area (Å²) in [6.07, 6.45) is 3.23. The molecule has 1 N–H and O–H groups in total. The van der Waals surface area contributed by atoms with Crippen molar-refractivity contribution in [2.24, 2.45) is 5.92 Å². The molecule has 2 rings (SSSR count). The maximum atomic E-state index is 12.0. The first-order valence-corrected chi connectivity index (χ1v) is 6.76. The second-order valence-corrected chi connectivity index (χ2v) is 5.29. The van der Waals surface area contributed by atoms with Crippen LogP contribution in [-0.4, -0.2) is 26.9 Å². The van der Waals surface area contributed by atoms with E-state index in [1.54, 1.807) is 29.3 Å². The molecule has 0 radical (unpaired) electrons. The molecule has 0 unspecified atom stereocenters. The van der Waals surface area contributed by atoms with Gasteiger partial charge in [-0.3, -0.25) is 4.79 Å². The minimum Gasteiger partial charge on any atom is -0.444 e. The van der Waals surface area contributed by atoms with Crippen LogP contribution in [0.5, 0.6) is 0 Å². The molecule has 1 atom stereocenters. The van der Waals surface area contributed by atoms with Gasteiger partial charge in [-0.15, -0.1) is 0 Å². The maximum Gasteiger partial charge on any atom is 0.287 e. The first-order chi connectivity index (χ1) is 9.06. The lowest BCUT2D eigenvalue weighted by Crippen LogP contribution is -2.41. The van der Waals surface area contributed by atoms with Gasteiger partial charge in [-0.05, 0) is 34.0 Å². The normalized spacial score (nSPS) is 12.6. The predicted molar refractivity (Wildman–Crippen MR) is 72.5 cm³/mol. The lowest BCUT2D eigenvalue weighted by atomic mass is 10.0. The molecule has 102 valence electrons. The second kappa shape index (κ2) is 6.01. The van der Waals surface area contributed by atoms with E-state index >= 15 is 0 Å². The number of hydrogen-bond acceptors (Lipinski definition) is 4. The van der Waals surface area contributed by atoms with E-state index in [-0.39, 0.29) is 23.6 Å². The van der Waals surface area contributed by atoms with Crippen LogP contribution < -0.4 is 5.32 Å². The van der Waals surface area contributed by atoms with Gasteiger partial charge in [0.1, 0.15) is 0 Å². The average molecular weight is 327 g/mol. The van der Waals surface area contributed by atoms with Gasteiger partial charge in [-0.2, -0.15) is 15.0 Å². The van der Waals surface area contributed by atoms with E-state index in [1.807, 2.05) is 13.8 Å². The number of amides is 1. The molecule has 0 aliphatic heterocycles. The van der Waals surface area contributed by atoms with Crippen LogP contribution in [0.2, 0.25) is 0 Å². The van der Waals surface area contributed by atoms with E-state index in [0.29, 0.717) is 11.2 Å². The molecule has 0 aromatic carbocycles. The smallest absolute Gasteiger partial charge is 0.287 e. The Morgan fingerprint density at radius 3 is 2.63 bits per heavy atom. The number of hydrogen-bond donors (Lipinski definition) is 1. The van der Waals surface area contributed by atoms with Crippen molar-refractivity contribution in [3.05, 3.63) is 35.0 Å². The number of furan rings is 1. The van der Waals surface area contributed by atoms with Crippen molar-refractivity contribution < 1.29 is 9.21 Å². The van der Waals surface area contributed by atoms with Gasteiger partial charge in [-0.1, -0.05) is 13.8 Å². The third-order valence-corrected chi connectivity index (χ3v) is 3.17. The molecule has 2 aromatic rings. The minimum absolute atomic E-state index is 0.0659. The largest absolute Gasteiger partial charge is 0.444 e. The number of nitrogens with zero attached hydrogens (tertiary/aromatic N) is 3. The van der Waals surface area contributed by atoms with Crippen LogP contribution in [0, 0.1) is 5.92 Å². The van der Waals surface area contributed by atoms with Crippen LogP contribution in [0.25, 0.3) is 0 Å². The summed E-state index contributed by atoms with van der Waals surface area (Å²) in [5, 5.41) is 11.0. The standard InChI is InChI=1S/C12H15BrN4O2/c1-8(2)9(7-17-14-5-6-15-17)16-12(18)10-3-4-11(13)19-10/h3-6,8-9H,7H2,1-2H3,(H,16,18)/t9-/m1/s1. The highest BCUT2D eigenvalue weighted by atomic mass is 79.9. The van der Waals surface area contributed by atoms with Crippen LogP contribution in [-0.2, 0) is 6.54 Å². The van der Waals surface area contributed by atoms with Gasteiger partial charge in [-0.25, -0.2) is 0 Å². The molecular formula is C12H15BrN4O2. The summed E-state index contributed by atoms with van der Waals surface area (Å²) in [7, 11) is 0. The molecule has 0 saturated heterocycles. The Hall–Kier alpha value is -1.63. The van der Waals surface area contributed by atoms with Crippen LogP contribution in [0.4, 0.5) is 0 Å². The van der Waals surface area contributed by atoms with E-state index in [2.05, 4.69) is 31.4 Å².